The molecule has 13 heteroatoms. The highest BCUT2D eigenvalue weighted by molar-refractivity contribution is 5.74. The lowest BCUT2D eigenvalue weighted by molar-refractivity contribution is -0.350. The number of aliphatic hydroxyl groups is 5. The summed E-state index contributed by atoms with van der Waals surface area (Å²) in [7, 11) is 1.09. The average molecular weight is 384 g/mol. The van der Waals surface area contributed by atoms with Crippen molar-refractivity contribution in [1.29, 1.82) is 0 Å². The first-order valence-electron chi connectivity index (χ1n) is 7.45. The first kappa shape index (κ1) is 20.9. The first-order chi connectivity index (χ1) is 12.1. The Morgan fingerprint density at radius 3 is 1.73 bits per heavy atom. The van der Waals surface area contributed by atoms with Crippen LogP contribution in [0, 0.1) is 0 Å². The van der Waals surface area contributed by atoms with Crippen LogP contribution in [-0.4, -0.2) is 116 Å². The Balaban J connectivity index is 2.22. The van der Waals surface area contributed by atoms with Crippen LogP contribution in [0.25, 0.3) is 0 Å². The standard InChI is InChI=1S/C13H20O13/c1-23-12-6(18)7(5(17)9(25-12)11(21)22)24-13-4(16)2(14)3(15)8(26-13)10(19)20/h2-9,12-18H,1H3,(H,19,20)(H,21,22)/t2-,3-,4+,5-,6+,7-,8-,9-,12+,13+/m0/s1. The number of carbonyl (C=O) groups is 2. The molecular weight excluding hydrogens is 364 g/mol. The van der Waals surface area contributed by atoms with Crippen LogP contribution >= 0.6 is 0 Å². The van der Waals surface area contributed by atoms with Crippen LogP contribution in [0.2, 0.25) is 0 Å². The smallest absolute Gasteiger partial charge is 0.335 e. The Bertz CT molecular complexity index is 526. The zero-order chi connectivity index (χ0) is 19.8. The average Bonchev–Trinajstić information content (AvgIpc) is 2.57. The number of rotatable bonds is 5. The summed E-state index contributed by atoms with van der Waals surface area (Å²) in [4.78, 5) is 22.2. The van der Waals surface area contributed by atoms with Gasteiger partial charge in [-0.3, -0.25) is 0 Å². The maximum Gasteiger partial charge on any atom is 0.335 e. The molecule has 2 heterocycles. The topological polar surface area (TPSA) is 213 Å². The minimum atomic E-state index is -1.97. The minimum Gasteiger partial charge on any atom is -0.479 e. The van der Waals surface area contributed by atoms with Gasteiger partial charge in [0.1, 0.15) is 36.6 Å². The molecule has 0 aromatic rings. The van der Waals surface area contributed by atoms with Crippen molar-refractivity contribution in [3.63, 3.8) is 0 Å². The van der Waals surface area contributed by atoms with E-state index in [0.29, 0.717) is 0 Å². The molecule has 13 nitrogen and oxygen atoms in total. The third-order valence-electron chi connectivity index (χ3n) is 4.12. The molecule has 2 saturated heterocycles. The highest BCUT2D eigenvalue weighted by Gasteiger charge is 2.53. The fourth-order valence-corrected chi connectivity index (χ4v) is 2.71. The van der Waals surface area contributed by atoms with Crippen molar-refractivity contribution in [3.05, 3.63) is 0 Å². The summed E-state index contributed by atoms with van der Waals surface area (Å²) in [6.45, 7) is 0. The van der Waals surface area contributed by atoms with Crippen molar-refractivity contribution in [2.75, 3.05) is 7.11 Å². The summed E-state index contributed by atoms with van der Waals surface area (Å²) in [5.41, 5.74) is 0. The summed E-state index contributed by atoms with van der Waals surface area (Å²) in [5, 5.41) is 67.5. The van der Waals surface area contributed by atoms with E-state index in [1.807, 2.05) is 0 Å². The van der Waals surface area contributed by atoms with E-state index < -0.39 is 73.4 Å². The fourth-order valence-electron chi connectivity index (χ4n) is 2.71. The maximum atomic E-state index is 11.2. The van der Waals surface area contributed by atoms with Crippen molar-refractivity contribution >= 4 is 11.9 Å². The quantitative estimate of drug-likeness (QED) is 0.238. The predicted molar refractivity (Wildman–Crippen MR) is 74.5 cm³/mol. The Morgan fingerprint density at radius 2 is 1.23 bits per heavy atom. The third kappa shape index (κ3) is 3.80. The molecule has 0 aromatic heterocycles. The van der Waals surface area contributed by atoms with E-state index in [4.69, 9.17) is 29.2 Å². The molecule has 0 aliphatic carbocycles. The molecule has 10 atom stereocenters. The van der Waals surface area contributed by atoms with Gasteiger partial charge in [0.15, 0.2) is 24.8 Å². The molecule has 7 N–H and O–H groups in total. The molecule has 0 bridgehead atoms. The van der Waals surface area contributed by atoms with Gasteiger partial charge < -0.3 is 54.7 Å². The lowest BCUT2D eigenvalue weighted by Crippen LogP contribution is -2.65. The SMILES string of the molecule is CO[C@@H]1O[C@H](C(=O)O)[C@@H](O)[C@H](O[C@@H]2O[C@H](C(=O)O)[C@@H](O)[C@H](O)[C@H]2O)[C@H]1O. The van der Waals surface area contributed by atoms with Gasteiger partial charge in [-0.05, 0) is 0 Å². The second-order valence-electron chi connectivity index (χ2n) is 5.82. The van der Waals surface area contributed by atoms with Crippen LogP contribution < -0.4 is 0 Å². The summed E-state index contributed by atoms with van der Waals surface area (Å²) in [6.07, 6.45) is -18.6. The molecule has 0 unspecified atom stereocenters. The number of aliphatic carboxylic acids is 2. The molecule has 0 aromatic carbocycles. The zero-order valence-electron chi connectivity index (χ0n) is 13.4. The van der Waals surface area contributed by atoms with Gasteiger partial charge in [0.05, 0.1) is 0 Å². The Kier molecular flexibility index (Phi) is 6.49. The van der Waals surface area contributed by atoms with Gasteiger partial charge in [-0.2, -0.15) is 0 Å². The second kappa shape index (κ2) is 8.08. The van der Waals surface area contributed by atoms with Crippen molar-refractivity contribution in [3.8, 4) is 0 Å². The molecular formula is C13H20O13. The van der Waals surface area contributed by atoms with E-state index >= 15 is 0 Å². The summed E-state index contributed by atoms with van der Waals surface area (Å²) in [5.74, 6) is -3.26. The molecule has 0 saturated carbocycles. The van der Waals surface area contributed by atoms with Gasteiger partial charge >= 0.3 is 11.9 Å². The van der Waals surface area contributed by atoms with Gasteiger partial charge in [-0.25, -0.2) is 9.59 Å². The third-order valence-corrected chi connectivity index (χ3v) is 4.12. The van der Waals surface area contributed by atoms with Crippen molar-refractivity contribution < 1.29 is 64.3 Å². The van der Waals surface area contributed by atoms with Crippen LogP contribution in [0.1, 0.15) is 0 Å². The number of methoxy groups -OCH3 is 1. The Hall–Kier alpha value is -1.42. The minimum absolute atomic E-state index is 1.09. The number of hydrogen-bond acceptors (Lipinski definition) is 11. The summed E-state index contributed by atoms with van der Waals surface area (Å²) >= 11 is 0. The number of hydrogen-bond donors (Lipinski definition) is 7. The van der Waals surface area contributed by atoms with Crippen LogP contribution in [0.15, 0.2) is 0 Å². The van der Waals surface area contributed by atoms with E-state index in [0.717, 1.165) is 7.11 Å². The van der Waals surface area contributed by atoms with Crippen molar-refractivity contribution in [2.24, 2.45) is 0 Å². The van der Waals surface area contributed by atoms with E-state index in [2.05, 4.69) is 0 Å². The van der Waals surface area contributed by atoms with Crippen LogP contribution in [0.4, 0.5) is 0 Å². The first-order valence-corrected chi connectivity index (χ1v) is 7.45. The number of carboxylic acids is 2. The Labute approximate surface area is 145 Å². The molecule has 2 fully saturated rings. The lowest BCUT2D eigenvalue weighted by Gasteiger charge is -2.44. The molecule has 0 spiro atoms. The monoisotopic (exact) mass is 384 g/mol. The number of aliphatic hydroxyl groups excluding tert-OH is 5. The normalized spacial score (nSPS) is 46.7. The highest BCUT2D eigenvalue weighted by Crippen LogP contribution is 2.29. The molecule has 0 amide bonds. The van der Waals surface area contributed by atoms with Gasteiger partial charge in [0.25, 0.3) is 0 Å². The molecule has 2 rings (SSSR count). The maximum absolute atomic E-state index is 11.2. The van der Waals surface area contributed by atoms with E-state index in [1.54, 1.807) is 0 Å². The Morgan fingerprint density at radius 1 is 0.731 bits per heavy atom. The van der Waals surface area contributed by atoms with Crippen LogP contribution in [0.5, 0.6) is 0 Å². The highest BCUT2D eigenvalue weighted by atomic mass is 16.7. The van der Waals surface area contributed by atoms with Gasteiger partial charge in [0.2, 0.25) is 0 Å². The van der Waals surface area contributed by atoms with Crippen molar-refractivity contribution in [1.82, 2.24) is 0 Å². The van der Waals surface area contributed by atoms with Gasteiger partial charge in [-0.15, -0.1) is 0 Å². The van der Waals surface area contributed by atoms with E-state index in [1.165, 1.54) is 0 Å². The molecule has 2 aliphatic heterocycles. The molecule has 150 valence electrons. The lowest BCUT2D eigenvalue weighted by atomic mass is 9.96. The second-order valence-corrected chi connectivity index (χ2v) is 5.82. The molecule has 26 heavy (non-hydrogen) atoms. The van der Waals surface area contributed by atoms with Crippen molar-refractivity contribution in [2.45, 2.75) is 61.4 Å². The van der Waals surface area contributed by atoms with Crippen LogP contribution in [0.3, 0.4) is 0 Å². The van der Waals surface area contributed by atoms with Gasteiger partial charge in [-0.1, -0.05) is 0 Å². The number of carboxylic acid groups (broad SMARTS) is 2. The zero-order valence-corrected chi connectivity index (χ0v) is 13.4. The van der Waals surface area contributed by atoms with Crippen LogP contribution in [-0.2, 0) is 28.5 Å². The summed E-state index contributed by atoms with van der Waals surface area (Å²) in [6, 6.07) is 0. The molecule has 2 aliphatic rings. The molecule has 0 radical (unpaired) electrons. The largest absolute Gasteiger partial charge is 0.479 e. The fraction of sp³-hybridized carbons (Fsp3) is 0.846. The number of ether oxygens (including phenoxy) is 4. The predicted octanol–water partition coefficient (Wildman–Crippen LogP) is -4.56. The summed E-state index contributed by atoms with van der Waals surface area (Å²) < 4.78 is 19.7. The van der Waals surface area contributed by atoms with E-state index in [9.17, 15) is 35.1 Å². The van der Waals surface area contributed by atoms with E-state index in [-0.39, 0.29) is 0 Å². The van der Waals surface area contributed by atoms with Gasteiger partial charge in [0, 0.05) is 7.11 Å².